The Kier molecular flexibility index (Phi) is 5.54. The van der Waals surface area contributed by atoms with E-state index in [1.54, 1.807) is 0 Å². The van der Waals surface area contributed by atoms with Crippen molar-refractivity contribution in [3.05, 3.63) is 23.2 Å². The number of anilines is 1. The fourth-order valence-electron chi connectivity index (χ4n) is 2.24. The van der Waals surface area contributed by atoms with Crippen molar-refractivity contribution in [2.45, 2.75) is 38.3 Å². The lowest BCUT2D eigenvalue weighted by Gasteiger charge is -2.22. The van der Waals surface area contributed by atoms with Crippen LogP contribution in [-0.2, 0) is 9.59 Å². The molecule has 0 aromatic heterocycles. The number of benzene rings is 1. The maximum absolute atomic E-state index is 12.1. The highest BCUT2D eigenvalue weighted by atomic mass is 35.5. The molecule has 1 unspecified atom stereocenters. The number of carbonyl (C=O) groups is 2. The highest BCUT2D eigenvalue weighted by molar-refractivity contribution is 6.32. The summed E-state index contributed by atoms with van der Waals surface area (Å²) in [7, 11) is 0. The molecule has 0 saturated carbocycles. The minimum absolute atomic E-state index is 0.0240. The predicted octanol–water partition coefficient (Wildman–Crippen LogP) is 2.94. The van der Waals surface area contributed by atoms with Gasteiger partial charge < -0.3 is 15.4 Å². The Balaban J connectivity index is 1.91. The molecule has 1 atom stereocenters. The first-order valence-corrected chi connectivity index (χ1v) is 7.15. The number of amides is 2. The van der Waals surface area contributed by atoms with Crippen molar-refractivity contribution in [2.24, 2.45) is 0 Å². The lowest BCUT2D eigenvalue weighted by molar-refractivity contribution is -0.124. The zero-order valence-corrected chi connectivity index (χ0v) is 12.3. The Labute approximate surface area is 131 Å². The summed E-state index contributed by atoms with van der Waals surface area (Å²) in [6, 6.07) is 3.82. The molecular formula is C14H15ClF2N2O3. The standard InChI is InChI=1S/C14H15ClF2N2O3/c15-10-6-9(4-5-11(10)22-14(16)17)19-13(21)7-8-2-1-3-12(20)18-8/h4-6,8,14H,1-3,7H2,(H,18,20)(H,19,21). The number of halogens is 3. The zero-order valence-electron chi connectivity index (χ0n) is 11.6. The van der Waals surface area contributed by atoms with Gasteiger partial charge in [0.15, 0.2) is 0 Å². The van der Waals surface area contributed by atoms with E-state index in [-0.39, 0.29) is 35.0 Å². The van der Waals surface area contributed by atoms with Crippen LogP contribution < -0.4 is 15.4 Å². The molecule has 1 heterocycles. The Morgan fingerprint density at radius 3 is 2.91 bits per heavy atom. The fourth-order valence-corrected chi connectivity index (χ4v) is 2.47. The van der Waals surface area contributed by atoms with Crippen LogP contribution in [0.15, 0.2) is 18.2 Å². The van der Waals surface area contributed by atoms with Crippen molar-refractivity contribution in [3.63, 3.8) is 0 Å². The molecule has 2 rings (SSSR count). The van der Waals surface area contributed by atoms with Crippen molar-refractivity contribution < 1.29 is 23.1 Å². The van der Waals surface area contributed by atoms with Gasteiger partial charge in [0.2, 0.25) is 11.8 Å². The van der Waals surface area contributed by atoms with E-state index in [1.165, 1.54) is 18.2 Å². The number of piperidine rings is 1. The Hall–Kier alpha value is -1.89. The molecule has 8 heteroatoms. The third kappa shape index (κ3) is 4.84. The van der Waals surface area contributed by atoms with Crippen LogP contribution in [0.4, 0.5) is 14.5 Å². The number of nitrogens with one attached hydrogen (secondary N) is 2. The molecule has 1 aromatic rings. The number of ether oxygens (including phenoxy) is 1. The van der Waals surface area contributed by atoms with Crippen LogP contribution in [0.2, 0.25) is 5.02 Å². The van der Waals surface area contributed by atoms with Gasteiger partial charge in [-0.15, -0.1) is 0 Å². The number of rotatable bonds is 5. The molecule has 22 heavy (non-hydrogen) atoms. The van der Waals surface area contributed by atoms with Crippen LogP contribution in [0, 0.1) is 0 Å². The quantitative estimate of drug-likeness (QED) is 0.871. The number of carbonyl (C=O) groups excluding carboxylic acids is 2. The first kappa shape index (κ1) is 16.5. The second-order valence-corrected chi connectivity index (χ2v) is 5.34. The van der Waals surface area contributed by atoms with Gasteiger partial charge >= 0.3 is 6.61 Å². The maximum atomic E-state index is 12.1. The van der Waals surface area contributed by atoms with Gasteiger partial charge in [-0.2, -0.15) is 8.78 Å². The zero-order chi connectivity index (χ0) is 16.1. The predicted molar refractivity (Wildman–Crippen MR) is 77.1 cm³/mol. The summed E-state index contributed by atoms with van der Waals surface area (Å²) in [4.78, 5) is 23.2. The van der Waals surface area contributed by atoms with Crippen LogP contribution in [-0.4, -0.2) is 24.5 Å². The highest BCUT2D eigenvalue weighted by Crippen LogP contribution is 2.29. The van der Waals surface area contributed by atoms with Crippen LogP contribution in [0.1, 0.15) is 25.7 Å². The third-order valence-electron chi connectivity index (χ3n) is 3.19. The molecule has 1 aliphatic heterocycles. The van der Waals surface area contributed by atoms with Crippen molar-refractivity contribution in [1.29, 1.82) is 0 Å². The minimum atomic E-state index is -2.96. The minimum Gasteiger partial charge on any atom is -0.433 e. The van der Waals surface area contributed by atoms with Gasteiger partial charge in [0.25, 0.3) is 0 Å². The molecular weight excluding hydrogens is 318 g/mol. The lowest BCUT2D eigenvalue weighted by atomic mass is 10.0. The second-order valence-electron chi connectivity index (χ2n) is 4.93. The second kappa shape index (κ2) is 7.40. The molecule has 0 radical (unpaired) electrons. The lowest BCUT2D eigenvalue weighted by Crippen LogP contribution is -2.40. The van der Waals surface area contributed by atoms with Crippen molar-refractivity contribution >= 4 is 29.1 Å². The van der Waals surface area contributed by atoms with E-state index in [1.807, 2.05) is 0 Å². The Morgan fingerprint density at radius 2 is 2.27 bits per heavy atom. The number of hydrogen-bond acceptors (Lipinski definition) is 3. The highest BCUT2D eigenvalue weighted by Gasteiger charge is 2.21. The largest absolute Gasteiger partial charge is 0.433 e. The average molecular weight is 333 g/mol. The summed E-state index contributed by atoms with van der Waals surface area (Å²) in [6.07, 6.45) is 2.15. The molecule has 0 spiro atoms. The van der Waals surface area contributed by atoms with Gasteiger partial charge in [0.1, 0.15) is 5.75 Å². The van der Waals surface area contributed by atoms with E-state index < -0.39 is 6.61 Å². The normalized spacial score (nSPS) is 18.0. The van der Waals surface area contributed by atoms with Crippen LogP contribution in [0.3, 0.4) is 0 Å². The third-order valence-corrected chi connectivity index (χ3v) is 3.48. The van der Waals surface area contributed by atoms with Gasteiger partial charge in [0.05, 0.1) is 5.02 Å². The molecule has 120 valence electrons. The summed E-state index contributed by atoms with van der Waals surface area (Å²) >= 11 is 5.80. The summed E-state index contributed by atoms with van der Waals surface area (Å²) in [5.74, 6) is -0.499. The SMILES string of the molecule is O=C(CC1CCCC(=O)N1)Nc1ccc(OC(F)F)c(Cl)c1. The molecule has 1 aliphatic rings. The average Bonchev–Trinajstić information content (AvgIpc) is 2.41. The van der Waals surface area contributed by atoms with Crippen LogP contribution in [0.25, 0.3) is 0 Å². The van der Waals surface area contributed by atoms with E-state index in [9.17, 15) is 18.4 Å². The van der Waals surface area contributed by atoms with Crippen molar-refractivity contribution in [1.82, 2.24) is 5.32 Å². The molecule has 1 saturated heterocycles. The summed E-state index contributed by atoms with van der Waals surface area (Å²) in [6.45, 7) is -2.96. The molecule has 2 N–H and O–H groups in total. The smallest absolute Gasteiger partial charge is 0.387 e. The maximum Gasteiger partial charge on any atom is 0.387 e. The summed E-state index contributed by atoms with van der Waals surface area (Å²) in [5.41, 5.74) is 0.374. The molecule has 0 bridgehead atoms. The van der Waals surface area contributed by atoms with E-state index in [0.29, 0.717) is 12.1 Å². The summed E-state index contributed by atoms with van der Waals surface area (Å²) < 4.78 is 28.4. The van der Waals surface area contributed by atoms with E-state index >= 15 is 0 Å². The van der Waals surface area contributed by atoms with Crippen molar-refractivity contribution in [3.8, 4) is 5.75 Å². The van der Waals surface area contributed by atoms with Gasteiger partial charge in [-0.3, -0.25) is 9.59 Å². The van der Waals surface area contributed by atoms with Gasteiger partial charge in [-0.1, -0.05) is 11.6 Å². The van der Waals surface area contributed by atoms with Gasteiger partial charge in [-0.25, -0.2) is 0 Å². The van der Waals surface area contributed by atoms with Crippen LogP contribution >= 0.6 is 11.6 Å². The first-order chi connectivity index (χ1) is 10.4. The van der Waals surface area contributed by atoms with E-state index in [4.69, 9.17) is 11.6 Å². The molecule has 0 aliphatic carbocycles. The van der Waals surface area contributed by atoms with Crippen molar-refractivity contribution in [2.75, 3.05) is 5.32 Å². The Bertz CT molecular complexity index is 569. The van der Waals surface area contributed by atoms with Gasteiger partial charge in [0, 0.05) is 24.6 Å². The fraction of sp³-hybridized carbons (Fsp3) is 0.429. The number of alkyl halides is 2. The van der Waals surface area contributed by atoms with Crippen LogP contribution in [0.5, 0.6) is 5.75 Å². The molecule has 2 amide bonds. The number of hydrogen-bond donors (Lipinski definition) is 2. The van der Waals surface area contributed by atoms with E-state index in [2.05, 4.69) is 15.4 Å². The molecule has 5 nitrogen and oxygen atoms in total. The van der Waals surface area contributed by atoms with Gasteiger partial charge in [-0.05, 0) is 31.0 Å². The Morgan fingerprint density at radius 1 is 1.50 bits per heavy atom. The monoisotopic (exact) mass is 332 g/mol. The van der Waals surface area contributed by atoms with E-state index in [0.717, 1.165) is 12.8 Å². The first-order valence-electron chi connectivity index (χ1n) is 6.77. The molecule has 1 fully saturated rings. The molecule has 1 aromatic carbocycles. The topological polar surface area (TPSA) is 67.4 Å². The summed E-state index contributed by atoms with van der Waals surface area (Å²) in [5, 5.41) is 5.33.